The van der Waals surface area contributed by atoms with Crippen LogP contribution in [0.5, 0.6) is 11.5 Å². The van der Waals surface area contributed by atoms with Crippen LogP contribution in [0.15, 0.2) is 84.0 Å². The molecule has 0 aromatic heterocycles. The maximum atomic E-state index is 12.1. The Bertz CT molecular complexity index is 1180. The van der Waals surface area contributed by atoms with E-state index >= 15 is 0 Å². The Labute approximate surface area is 209 Å². The monoisotopic (exact) mass is 488 g/mol. The summed E-state index contributed by atoms with van der Waals surface area (Å²) in [6.07, 6.45) is 2.14. The molecule has 0 atom stereocenters. The van der Waals surface area contributed by atoms with Crippen LogP contribution in [-0.2, 0) is 20.8 Å². The maximum absolute atomic E-state index is 12.1. The topological polar surface area (TPSA) is 118 Å². The quantitative estimate of drug-likeness (QED) is 0.218. The molecule has 3 rings (SSSR count). The third-order valence-corrected chi connectivity index (χ3v) is 4.85. The molecule has 186 valence electrons. The lowest BCUT2D eigenvalue weighted by Crippen LogP contribution is -2.32. The molecule has 0 aliphatic carbocycles. The van der Waals surface area contributed by atoms with Gasteiger partial charge in [-0.25, -0.2) is 5.43 Å². The third-order valence-electron chi connectivity index (χ3n) is 4.85. The average molecular weight is 489 g/mol. The second-order valence-corrected chi connectivity index (χ2v) is 7.53. The summed E-state index contributed by atoms with van der Waals surface area (Å²) in [6, 6.07) is 23.5. The molecule has 3 amide bonds. The van der Waals surface area contributed by atoms with Crippen molar-refractivity contribution in [1.82, 2.24) is 10.7 Å². The van der Waals surface area contributed by atoms with Gasteiger partial charge in [-0.15, -0.1) is 0 Å². The molecule has 3 aromatic carbocycles. The number of benzene rings is 3. The van der Waals surface area contributed by atoms with Crippen molar-refractivity contribution in [3.63, 3.8) is 0 Å². The molecule has 0 bridgehead atoms. The van der Waals surface area contributed by atoms with Crippen molar-refractivity contribution < 1.29 is 23.9 Å². The van der Waals surface area contributed by atoms with E-state index in [1.807, 2.05) is 37.3 Å². The lowest BCUT2D eigenvalue weighted by atomic mass is 10.1. The maximum Gasteiger partial charge on any atom is 0.329 e. The molecular weight excluding hydrogens is 460 g/mol. The van der Waals surface area contributed by atoms with Gasteiger partial charge in [-0.3, -0.25) is 14.4 Å². The molecule has 0 radical (unpaired) electrons. The van der Waals surface area contributed by atoms with Crippen LogP contribution in [0, 0.1) is 0 Å². The highest BCUT2D eigenvalue weighted by atomic mass is 16.5. The Hall–Kier alpha value is -4.66. The van der Waals surface area contributed by atoms with E-state index in [1.54, 1.807) is 48.5 Å². The number of hydrazone groups is 1. The average Bonchev–Trinajstić information content (AvgIpc) is 2.90. The standard InChI is InChI=1S/C27H28N4O5/c1-2-35-24-11-7-6-10-23(24)30-26(33)27(34)31-29-18-21-12-14-22(15-13-21)36-19-25(32)28-17-16-20-8-4-3-5-9-20/h3-15,18H,2,16-17,19H2,1H3,(H,28,32)(H,30,33)(H,31,34)/b29-18-. The number of hydrogen-bond donors (Lipinski definition) is 3. The van der Waals surface area contributed by atoms with E-state index in [9.17, 15) is 14.4 Å². The molecule has 0 heterocycles. The minimum atomic E-state index is -0.921. The minimum absolute atomic E-state index is 0.0974. The zero-order chi connectivity index (χ0) is 25.6. The highest BCUT2D eigenvalue weighted by Gasteiger charge is 2.15. The van der Waals surface area contributed by atoms with E-state index in [0.29, 0.717) is 35.9 Å². The van der Waals surface area contributed by atoms with Crippen molar-refractivity contribution in [3.05, 3.63) is 90.0 Å². The minimum Gasteiger partial charge on any atom is -0.492 e. The molecule has 0 fully saturated rings. The SMILES string of the molecule is CCOc1ccccc1NC(=O)C(=O)N/N=C\c1ccc(OCC(=O)NCCc2ccccc2)cc1. The van der Waals surface area contributed by atoms with E-state index in [0.717, 1.165) is 12.0 Å². The number of ether oxygens (including phenoxy) is 2. The smallest absolute Gasteiger partial charge is 0.329 e. The number of nitrogens with zero attached hydrogens (tertiary/aromatic N) is 1. The highest BCUT2D eigenvalue weighted by molar-refractivity contribution is 6.39. The molecule has 3 aromatic rings. The van der Waals surface area contributed by atoms with Gasteiger partial charge in [-0.2, -0.15) is 5.10 Å². The van der Waals surface area contributed by atoms with Crippen molar-refractivity contribution in [2.24, 2.45) is 5.10 Å². The van der Waals surface area contributed by atoms with Gasteiger partial charge in [-0.1, -0.05) is 42.5 Å². The Morgan fingerprint density at radius 3 is 2.33 bits per heavy atom. The van der Waals surface area contributed by atoms with Gasteiger partial charge in [-0.05, 0) is 60.9 Å². The summed E-state index contributed by atoms with van der Waals surface area (Å²) in [5.41, 5.74) is 4.39. The molecule has 0 aliphatic heterocycles. The van der Waals surface area contributed by atoms with Crippen LogP contribution in [0.3, 0.4) is 0 Å². The van der Waals surface area contributed by atoms with Gasteiger partial charge in [0.1, 0.15) is 11.5 Å². The van der Waals surface area contributed by atoms with E-state index in [4.69, 9.17) is 9.47 Å². The van der Waals surface area contributed by atoms with Crippen LogP contribution in [0.2, 0.25) is 0 Å². The van der Waals surface area contributed by atoms with Crippen LogP contribution in [0.4, 0.5) is 5.69 Å². The molecule has 0 aliphatic rings. The van der Waals surface area contributed by atoms with Gasteiger partial charge >= 0.3 is 11.8 Å². The fourth-order valence-corrected chi connectivity index (χ4v) is 3.09. The molecule has 0 spiro atoms. The van der Waals surface area contributed by atoms with Crippen molar-refractivity contribution in [2.45, 2.75) is 13.3 Å². The first-order chi connectivity index (χ1) is 17.5. The first-order valence-electron chi connectivity index (χ1n) is 11.4. The number of amides is 3. The highest BCUT2D eigenvalue weighted by Crippen LogP contribution is 2.23. The summed E-state index contributed by atoms with van der Waals surface area (Å²) >= 11 is 0. The molecule has 3 N–H and O–H groups in total. The predicted molar refractivity (Wildman–Crippen MR) is 137 cm³/mol. The number of hydrogen-bond acceptors (Lipinski definition) is 6. The summed E-state index contributed by atoms with van der Waals surface area (Å²) in [5, 5.41) is 9.12. The Morgan fingerprint density at radius 1 is 0.861 bits per heavy atom. The Morgan fingerprint density at radius 2 is 1.58 bits per heavy atom. The van der Waals surface area contributed by atoms with Crippen LogP contribution in [0.1, 0.15) is 18.1 Å². The summed E-state index contributed by atoms with van der Waals surface area (Å²) in [4.78, 5) is 36.1. The van der Waals surface area contributed by atoms with Gasteiger partial charge < -0.3 is 20.1 Å². The van der Waals surface area contributed by atoms with Crippen LogP contribution in [-0.4, -0.2) is 43.7 Å². The van der Waals surface area contributed by atoms with E-state index < -0.39 is 11.8 Å². The Kier molecular flexibility index (Phi) is 10.0. The summed E-state index contributed by atoms with van der Waals surface area (Å²) < 4.78 is 10.9. The zero-order valence-electron chi connectivity index (χ0n) is 19.9. The van der Waals surface area contributed by atoms with Crippen molar-refractivity contribution >= 4 is 29.6 Å². The largest absolute Gasteiger partial charge is 0.492 e. The van der Waals surface area contributed by atoms with E-state index in [1.165, 1.54) is 6.21 Å². The fourth-order valence-electron chi connectivity index (χ4n) is 3.09. The first-order valence-corrected chi connectivity index (χ1v) is 11.4. The number of anilines is 1. The van der Waals surface area contributed by atoms with Crippen LogP contribution in [0.25, 0.3) is 0 Å². The number of para-hydroxylation sites is 2. The normalized spacial score (nSPS) is 10.5. The number of carbonyl (C=O) groups is 3. The first kappa shape index (κ1) is 26.0. The van der Waals surface area contributed by atoms with Crippen molar-refractivity contribution in [3.8, 4) is 11.5 Å². The lowest BCUT2D eigenvalue weighted by molar-refractivity contribution is -0.136. The Balaban J connectivity index is 1.38. The summed E-state index contributed by atoms with van der Waals surface area (Å²) in [7, 11) is 0. The van der Waals surface area contributed by atoms with Gasteiger partial charge in [0.15, 0.2) is 6.61 Å². The third kappa shape index (κ3) is 8.60. The molecule has 9 nitrogen and oxygen atoms in total. The molecule has 36 heavy (non-hydrogen) atoms. The van der Waals surface area contributed by atoms with Crippen molar-refractivity contribution in [2.75, 3.05) is 25.1 Å². The molecule has 0 unspecified atom stereocenters. The molecule has 0 saturated carbocycles. The van der Waals surface area contributed by atoms with Gasteiger partial charge in [0.2, 0.25) is 0 Å². The van der Waals surface area contributed by atoms with Gasteiger partial charge in [0.25, 0.3) is 5.91 Å². The second kappa shape index (κ2) is 13.9. The summed E-state index contributed by atoms with van der Waals surface area (Å²) in [6.45, 7) is 2.68. The van der Waals surface area contributed by atoms with Crippen LogP contribution < -0.4 is 25.5 Å². The molecule has 0 saturated heterocycles. The number of carbonyl (C=O) groups excluding carboxylic acids is 3. The van der Waals surface area contributed by atoms with E-state index in [-0.39, 0.29) is 12.5 Å². The number of nitrogens with one attached hydrogen (secondary N) is 3. The van der Waals surface area contributed by atoms with Gasteiger partial charge in [0.05, 0.1) is 18.5 Å². The van der Waals surface area contributed by atoms with E-state index in [2.05, 4.69) is 21.2 Å². The van der Waals surface area contributed by atoms with Gasteiger partial charge in [0, 0.05) is 6.54 Å². The van der Waals surface area contributed by atoms with Crippen molar-refractivity contribution in [1.29, 1.82) is 0 Å². The lowest BCUT2D eigenvalue weighted by Gasteiger charge is -2.10. The summed E-state index contributed by atoms with van der Waals surface area (Å²) in [5.74, 6) is -1.01. The second-order valence-electron chi connectivity index (χ2n) is 7.53. The van der Waals surface area contributed by atoms with Crippen LogP contribution >= 0.6 is 0 Å². The number of rotatable bonds is 11. The molecule has 9 heteroatoms. The predicted octanol–water partition coefficient (Wildman–Crippen LogP) is 2.91. The fraction of sp³-hybridized carbons (Fsp3) is 0.185. The molecular formula is C27H28N4O5. The zero-order valence-corrected chi connectivity index (χ0v) is 19.9.